The van der Waals surface area contributed by atoms with Crippen LogP contribution in [0.5, 0.6) is 0 Å². The number of carbonyl (C=O) groups is 2. The molecule has 33 heavy (non-hydrogen) atoms. The van der Waals surface area contributed by atoms with E-state index < -0.39 is 11.7 Å². The molecule has 0 radical (unpaired) electrons. The van der Waals surface area contributed by atoms with E-state index in [1.807, 2.05) is 51.1 Å². The van der Waals surface area contributed by atoms with Gasteiger partial charge in [0, 0.05) is 25.0 Å². The third-order valence-electron chi connectivity index (χ3n) is 4.67. The van der Waals surface area contributed by atoms with Crippen molar-refractivity contribution in [2.45, 2.75) is 65.4 Å². The molecular formula is C25H37N5O3. The molecule has 3 amide bonds. The molecule has 4 N–H and O–H groups in total. The number of amides is 3. The number of aromatic nitrogens is 1. The molecule has 1 aromatic heterocycles. The summed E-state index contributed by atoms with van der Waals surface area (Å²) < 4.78 is 5.24. The maximum atomic E-state index is 12.2. The first-order valence-corrected chi connectivity index (χ1v) is 11.6. The number of benzene rings is 1. The summed E-state index contributed by atoms with van der Waals surface area (Å²) in [6, 6.07) is 11.2. The molecule has 2 rings (SSSR count). The van der Waals surface area contributed by atoms with Crippen LogP contribution in [0.4, 0.5) is 26.8 Å². The quantitative estimate of drug-likeness (QED) is 0.330. The van der Waals surface area contributed by atoms with Gasteiger partial charge in [0.1, 0.15) is 5.60 Å². The van der Waals surface area contributed by atoms with Gasteiger partial charge in [-0.1, -0.05) is 38.3 Å². The lowest BCUT2D eigenvalue weighted by atomic mass is 10.1. The van der Waals surface area contributed by atoms with Gasteiger partial charge in [-0.3, -0.25) is 0 Å². The molecule has 1 heterocycles. The van der Waals surface area contributed by atoms with E-state index >= 15 is 0 Å². The molecule has 0 saturated heterocycles. The van der Waals surface area contributed by atoms with Crippen molar-refractivity contribution >= 4 is 29.3 Å². The van der Waals surface area contributed by atoms with Crippen LogP contribution in [0.25, 0.3) is 0 Å². The predicted molar refractivity (Wildman–Crippen MR) is 133 cm³/mol. The molecule has 180 valence electrons. The largest absolute Gasteiger partial charge is 0.444 e. The summed E-state index contributed by atoms with van der Waals surface area (Å²) >= 11 is 0. The zero-order valence-electron chi connectivity index (χ0n) is 20.2. The number of unbranched alkanes of at least 4 members (excludes halogenated alkanes) is 3. The van der Waals surface area contributed by atoms with Gasteiger partial charge in [-0.2, -0.15) is 0 Å². The molecule has 0 saturated carbocycles. The highest BCUT2D eigenvalue weighted by Gasteiger charge is 2.15. The number of carbonyl (C=O) groups excluding carboxylic acids is 2. The molecule has 8 heteroatoms. The zero-order chi connectivity index (χ0) is 24.1. The molecule has 2 aromatic rings. The highest BCUT2D eigenvalue weighted by molar-refractivity contribution is 5.92. The topological polar surface area (TPSA) is 104 Å². The van der Waals surface area contributed by atoms with E-state index in [4.69, 9.17) is 4.74 Å². The Morgan fingerprint density at radius 2 is 1.73 bits per heavy atom. The van der Waals surface area contributed by atoms with Crippen LogP contribution in [-0.2, 0) is 11.2 Å². The van der Waals surface area contributed by atoms with Crippen molar-refractivity contribution in [1.29, 1.82) is 0 Å². The van der Waals surface area contributed by atoms with Gasteiger partial charge >= 0.3 is 12.1 Å². The van der Waals surface area contributed by atoms with E-state index in [2.05, 4.69) is 33.2 Å². The minimum absolute atomic E-state index is 0.240. The van der Waals surface area contributed by atoms with E-state index in [1.165, 1.54) is 12.8 Å². The molecule has 8 nitrogen and oxygen atoms in total. The van der Waals surface area contributed by atoms with Gasteiger partial charge in [-0.25, -0.2) is 14.6 Å². The Balaban J connectivity index is 1.83. The molecule has 0 atom stereocenters. The van der Waals surface area contributed by atoms with Gasteiger partial charge in [-0.15, -0.1) is 0 Å². The highest BCUT2D eigenvalue weighted by atomic mass is 16.6. The van der Waals surface area contributed by atoms with Crippen molar-refractivity contribution in [2.24, 2.45) is 0 Å². The van der Waals surface area contributed by atoms with E-state index in [0.717, 1.165) is 24.1 Å². The van der Waals surface area contributed by atoms with E-state index in [-0.39, 0.29) is 6.03 Å². The minimum Gasteiger partial charge on any atom is -0.444 e. The van der Waals surface area contributed by atoms with Crippen LogP contribution < -0.4 is 21.3 Å². The number of nitrogens with zero attached hydrogens (tertiary/aromatic N) is 1. The third kappa shape index (κ3) is 10.7. The van der Waals surface area contributed by atoms with E-state index in [9.17, 15) is 9.59 Å². The number of urea groups is 1. The van der Waals surface area contributed by atoms with Crippen molar-refractivity contribution in [3.05, 3.63) is 48.2 Å². The van der Waals surface area contributed by atoms with Crippen LogP contribution >= 0.6 is 0 Å². The van der Waals surface area contributed by atoms with Crippen LogP contribution in [0.2, 0.25) is 0 Å². The lowest BCUT2D eigenvalue weighted by Crippen LogP contribution is -2.33. The summed E-state index contributed by atoms with van der Waals surface area (Å²) in [5.41, 5.74) is 2.03. The summed E-state index contributed by atoms with van der Waals surface area (Å²) in [6.45, 7) is 8.81. The first-order valence-electron chi connectivity index (χ1n) is 11.6. The fourth-order valence-corrected chi connectivity index (χ4v) is 3.04. The van der Waals surface area contributed by atoms with Crippen LogP contribution in [0, 0.1) is 0 Å². The van der Waals surface area contributed by atoms with E-state index in [0.29, 0.717) is 31.0 Å². The normalized spacial score (nSPS) is 10.9. The van der Waals surface area contributed by atoms with Crippen LogP contribution in [0.3, 0.4) is 0 Å². The Kier molecular flexibility index (Phi) is 10.5. The van der Waals surface area contributed by atoms with Gasteiger partial charge in [0.05, 0.1) is 5.69 Å². The lowest BCUT2D eigenvalue weighted by Gasteiger charge is -2.19. The molecule has 0 fully saturated rings. The SMILES string of the molecule is CCCCCCNC(=O)Nc1cccnc1Nc1ccc(CCNC(=O)OC(C)(C)C)cc1. The molecule has 1 aromatic carbocycles. The number of hydrogen-bond donors (Lipinski definition) is 4. The molecule has 0 aliphatic heterocycles. The summed E-state index contributed by atoms with van der Waals surface area (Å²) in [5, 5.41) is 11.7. The number of rotatable bonds is 11. The number of anilines is 3. The standard InChI is InChI=1S/C25H37N5O3/c1-5-6-7-8-16-27-23(31)30-21-10-9-17-26-22(21)29-20-13-11-19(12-14-20)15-18-28-24(32)33-25(2,3)4/h9-14,17H,5-8,15-16,18H2,1-4H3,(H,26,29)(H,28,32)(H2,27,30,31). The van der Waals surface area contributed by atoms with Crippen molar-refractivity contribution < 1.29 is 14.3 Å². The van der Waals surface area contributed by atoms with Gasteiger partial charge in [-0.05, 0) is 63.4 Å². The number of alkyl carbamates (subject to hydrolysis) is 1. The molecular weight excluding hydrogens is 418 g/mol. The maximum absolute atomic E-state index is 12.2. The van der Waals surface area contributed by atoms with Gasteiger partial charge in [0.15, 0.2) is 5.82 Å². The number of pyridine rings is 1. The molecule has 0 aliphatic carbocycles. The average molecular weight is 456 g/mol. The van der Waals surface area contributed by atoms with Gasteiger partial charge in [0.2, 0.25) is 0 Å². The number of nitrogens with one attached hydrogen (secondary N) is 4. The second-order valence-electron chi connectivity index (χ2n) is 8.84. The predicted octanol–water partition coefficient (Wildman–Crippen LogP) is 5.59. The maximum Gasteiger partial charge on any atom is 0.407 e. The Hall–Kier alpha value is -3.29. The summed E-state index contributed by atoms with van der Waals surface area (Å²) in [5.74, 6) is 0.568. The van der Waals surface area contributed by atoms with E-state index in [1.54, 1.807) is 12.3 Å². The monoisotopic (exact) mass is 455 g/mol. The third-order valence-corrected chi connectivity index (χ3v) is 4.67. The Morgan fingerprint density at radius 3 is 2.42 bits per heavy atom. The van der Waals surface area contributed by atoms with Crippen LogP contribution in [-0.4, -0.2) is 35.8 Å². The van der Waals surface area contributed by atoms with Crippen molar-refractivity contribution in [2.75, 3.05) is 23.7 Å². The zero-order valence-corrected chi connectivity index (χ0v) is 20.2. The Morgan fingerprint density at radius 1 is 0.970 bits per heavy atom. The van der Waals surface area contributed by atoms with Crippen molar-refractivity contribution in [3.63, 3.8) is 0 Å². The Bertz CT molecular complexity index is 878. The van der Waals surface area contributed by atoms with Crippen LogP contribution in [0.15, 0.2) is 42.6 Å². The molecule has 0 bridgehead atoms. The average Bonchev–Trinajstić information content (AvgIpc) is 2.75. The molecule has 0 unspecified atom stereocenters. The van der Waals surface area contributed by atoms with Crippen LogP contribution in [0.1, 0.15) is 58.9 Å². The second-order valence-corrected chi connectivity index (χ2v) is 8.84. The fourth-order valence-electron chi connectivity index (χ4n) is 3.04. The summed E-state index contributed by atoms with van der Waals surface area (Å²) in [6.07, 6.45) is 6.38. The first-order chi connectivity index (χ1) is 15.8. The van der Waals surface area contributed by atoms with Gasteiger partial charge in [0.25, 0.3) is 0 Å². The van der Waals surface area contributed by atoms with Gasteiger partial charge < -0.3 is 26.0 Å². The number of hydrogen-bond acceptors (Lipinski definition) is 5. The first kappa shape index (κ1) is 26.0. The Labute approximate surface area is 196 Å². The molecule has 0 aliphatic rings. The fraction of sp³-hybridized carbons (Fsp3) is 0.480. The molecule has 0 spiro atoms. The summed E-state index contributed by atoms with van der Waals surface area (Å²) in [4.78, 5) is 28.3. The lowest BCUT2D eigenvalue weighted by molar-refractivity contribution is 0.0528. The smallest absolute Gasteiger partial charge is 0.407 e. The number of ether oxygens (including phenoxy) is 1. The van der Waals surface area contributed by atoms with Crippen molar-refractivity contribution in [3.8, 4) is 0 Å². The minimum atomic E-state index is -0.508. The summed E-state index contributed by atoms with van der Waals surface area (Å²) in [7, 11) is 0. The van der Waals surface area contributed by atoms with Crippen molar-refractivity contribution in [1.82, 2.24) is 15.6 Å². The second kappa shape index (κ2) is 13.3. The highest BCUT2D eigenvalue weighted by Crippen LogP contribution is 2.23.